The van der Waals surface area contributed by atoms with Gasteiger partial charge in [-0.15, -0.1) is 0 Å². The van der Waals surface area contributed by atoms with Crippen LogP contribution < -0.4 is 14.2 Å². The van der Waals surface area contributed by atoms with Gasteiger partial charge in [-0.1, -0.05) is 0 Å². The first kappa shape index (κ1) is 31.2. The van der Waals surface area contributed by atoms with Crippen LogP contribution in [-0.2, 0) is 14.2 Å². The number of aliphatic hydroxyl groups excluding tert-OH is 6. The van der Waals surface area contributed by atoms with Gasteiger partial charge < -0.3 is 69.3 Å². The molecule has 2 aromatic carbocycles. The number of ether oxygens (including phenoxy) is 6. The largest absolute Gasteiger partial charge is 0.508 e. The molecule has 0 radical (unpaired) electrons. The third-order valence-corrected chi connectivity index (χ3v) is 7.67. The second-order valence-corrected chi connectivity index (χ2v) is 10.6. The molecule has 0 amide bonds. The number of carbonyl (C=O) groups excluding carboxylic acids is 1. The van der Waals surface area contributed by atoms with E-state index in [4.69, 9.17) is 28.4 Å². The van der Waals surface area contributed by atoms with Crippen molar-refractivity contribution in [1.82, 2.24) is 0 Å². The summed E-state index contributed by atoms with van der Waals surface area (Å²) in [4.78, 5) is 13.0. The maximum atomic E-state index is 13.0. The van der Waals surface area contributed by atoms with Crippen molar-refractivity contribution in [3.8, 4) is 28.7 Å². The van der Waals surface area contributed by atoms with E-state index in [0.717, 1.165) is 6.07 Å². The number of carbonyl (C=O) groups is 1. The van der Waals surface area contributed by atoms with Crippen molar-refractivity contribution in [3.05, 3.63) is 41.5 Å². The zero-order valence-corrected chi connectivity index (χ0v) is 23.1. The summed E-state index contributed by atoms with van der Waals surface area (Å²) in [5.41, 5.74) is 0.318. The highest BCUT2D eigenvalue weighted by Crippen LogP contribution is 2.43. The Bertz CT molecular complexity index is 1320. The maximum absolute atomic E-state index is 13.0. The van der Waals surface area contributed by atoms with Gasteiger partial charge in [0.05, 0.1) is 26.2 Å². The smallest absolute Gasteiger partial charge is 0.229 e. The van der Waals surface area contributed by atoms with Gasteiger partial charge in [0.25, 0.3) is 0 Å². The molecule has 15 nitrogen and oxygen atoms in total. The summed E-state index contributed by atoms with van der Waals surface area (Å²) in [5.74, 6) is -0.924. The second-order valence-electron chi connectivity index (χ2n) is 10.6. The van der Waals surface area contributed by atoms with Crippen molar-refractivity contribution < 1.29 is 74.1 Å². The average Bonchev–Trinajstić information content (AvgIpc) is 2.97. The summed E-state index contributed by atoms with van der Waals surface area (Å²) in [6.07, 6.45) is -16.4. The van der Waals surface area contributed by atoms with E-state index >= 15 is 0 Å². The monoisotopic (exact) mass is 610 g/mol. The molecule has 0 spiro atoms. The Morgan fingerprint density at radius 2 is 1.60 bits per heavy atom. The fraction of sp³-hybridized carbons (Fsp3) is 0.536. The summed E-state index contributed by atoms with van der Waals surface area (Å²) >= 11 is 0. The fourth-order valence-corrected chi connectivity index (χ4v) is 5.29. The SMILES string of the molecule is COc1cc(O)cc([C@@H]2CC(=O)c3c(O)cc(O[C@H]4O[C@@H](CO)[C@H](O)[C@@H](O)[C@@H]4O[C@@H]4O[C@H](C)[C@@H](O)[C@H](O)[C@@H]4O)cc3O2)c1. The van der Waals surface area contributed by atoms with Crippen molar-refractivity contribution in [2.24, 2.45) is 0 Å². The van der Waals surface area contributed by atoms with E-state index in [9.17, 15) is 45.6 Å². The molecule has 5 rings (SSSR count). The Labute approximate surface area is 245 Å². The number of fused-ring (bicyclic) bond motifs is 1. The van der Waals surface area contributed by atoms with E-state index in [0.29, 0.717) is 11.3 Å². The molecule has 3 aliphatic rings. The molecule has 8 N–H and O–H groups in total. The van der Waals surface area contributed by atoms with Gasteiger partial charge in [0.2, 0.25) is 6.29 Å². The van der Waals surface area contributed by atoms with Gasteiger partial charge >= 0.3 is 0 Å². The topological polar surface area (TPSA) is 234 Å². The van der Waals surface area contributed by atoms with Crippen LogP contribution in [0.2, 0.25) is 0 Å². The van der Waals surface area contributed by atoms with Crippen LogP contribution in [0.5, 0.6) is 28.7 Å². The molecule has 3 aliphatic heterocycles. The Balaban J connectivity index is 1.42. The third kappa shape index (κ3) is 6.08. The minimum absolute atomic E-state index is 0.0666. The quantitative estimate of drug-likeness (QED) is 0.185. The molecule has 2 fully saturated rings. The van der Waals surface area contributed by atoms with Crippen LogP contribution in [0.15, 0.2) is 30.3 Å². The molecule has 11 atom stereocenters. The number of methoxy groups -OCH3 is 1. The van der Waals surface area contributed by atoms with Crippen LogP contribution >= 0.6 is 0 Å². The normalized spacial score (nSPS) is 36.0. The van der Waals surface area contributed by atoms with Crippen LogP contribution in [0.4, 0.5) is 0 Å². The molecule has 15 heteroatoms. The van der Waals surface area contributed by atoms with Crippen LogP contribution in [0.25, 0.3) is 0 Å². The Morgan fingerprint density at radius 3 is 2.30 bits per heavy atom. The van der Waals surface area contributed by atoms with Crippen molar-refractivity contribution >= 4 is 5.78 Å². The van der Waals surface area contributed by atoms with Gasteiger partial charge in [-0.25, -0.2) is 0 Å². The zero-order valence-electron chi connectivity index (χ0n) is 23.1. The van der Waals surface area contributed by atoms with Crippen LogP contribution in [0.1, 0.15) is 35.4 Å². The number of hydrogen-bond acceptors (Lipinski definition) is 15. The molecule has 43 heavy (non-hydrogen) atoms. The molecular formula is C28H34O15. The number of aromatic hydroxyl groups is 2. The van der Waals surface area contributed by atoms with E-state index in [2.05, 4.69) is 0 Å². The highest BCUT2D eigenvalue weighted by Gasteiger charge is 2.51. The molecule has 0 aromatic heterocycles. The number of benzene rings is 2. The summed E-state index contributed by atoms with van der Waals surface area (Å²) in [6.45, 7) is 0.698. The van der Waals surface area contributed by atoms with E-state index in [1.165, 1.54) is 32.2 Å². The number of ketones is 1. The standard InChI is InChI=1S/C28H34O15/c1-10-21(33)23(35)25(37)27(39-10)43-26-24(36)22(34)19(9-29)42-28(26)40-14-6-15(31)20-16(32)8-17(41-18(20)7-14)11-3-12(30)5-13(4-11)38-2/h3-7,10,17,19,21-31,33-37H,8-9H2,1-2H3/t10-,17+,19+,21-,22+,23+,24-,25+,26+,27+,28+/m1/s1. The van der Waals surface area contributed by atoms with Gasteiger partial charge in [-0.05, 0) is 19.1 Å². The van der Waals surface area contributed by atoms with Gasteiger partial charge in [0, 0.05) is 23.8 Å². The number of rotatable bonds is 7. The molecule has 0 saturated carbocycles. The van der Waals surface area contributed by atoms with Gasteiger partial charge in [-0.2, -0.15) is 0 Å². The maximum Gasteiger partial charge on any atom is 0.229 e. The summed E-state index contributed by atoms with van der Waals surface area (Å²) in [7, 11) is 1.41. The van der Waals surface area contributed by atoms with Crippen LogP contribution in [0.3, 0.4) is 0 Å². The molecule has 0 aliphatic carbocycles. The molecule has 0 bridgehead atoms. The molecule has 2 saturated heterocycles. The van der Waals surface area contributed by atoms with Crippen molar-refractivity contribution in [1.29, 1.82) is 0 Å². The van der Waals surface area contributed by atoms with Crippen LogP contribution in [0, 0.1) is 0 Å². The first-order chi connectivity index (χ1) is 20.4. The summed E-state index contributed by atoms with van der Waals surface area (Å²) in [6, 6.07) is 6.75. The first-order valence-electron chi connectivity index (χ1n) is 13.5. The predicted octanol–water partition coefficient (Wildman–Crippen LogP) is -1.16. The molecule has 3 heterocycles. The predicted molar refractivity (Wildman–Crippen MR) is 141 cm³/mol. The summed E-state index contributed by atoms with van der Waals surface area (Å²) in [5, 5.41) is 82.4. The third-order valence-electron chi connectivity index (χ3n) is 7.67. The van der Waals surface area contributed by atoms with E-state index < -0.39 is 85.7 Å². The van der Waals surface area contributed by atoms with E-state index in [1.807, 2.05) is 0 Å². The Kier molecular flexibility index (Phi) is 8.99. The van der Waals surface area contributed by atoms with E-state index in [1.54, 1.807) is 6.07 Å². The lowest BCUT2D eigenvalue weighted by atomic mass is 9.95. The minimum atomic E-state index is -1.76. The number of phenols is 2. The van der Waals surface area contributed by atoms with Crippen molar-refractivity contribution in [2.75, 3.05) is 13.7 Å². The highest BCUT2D eigenvalue weighted by atomic mass is 16.8. The van der Waals surface area contributed by atoms with Gasteiger partial charge in [0.15, 0.2) is 18.2 Å². The zero-order chi connectivity index (χ0) is 31.2. The van der Waals surface area contributed by atoms with E-state index in [-0.39, 0.29) is 29.2 Å². The van der Waals surface area contributed by atoms with Gasteiger partial charge in [-0.3, -0.25) is 4.79 Å². The number of aliphatic hydroxyl groups is 6. The lowest BCUT2D eigenvalue weighted by Crippen LogP contribution is -2.64. The Morgan fingerprint density at radius 1 is 0.860 bits per heavy atom. The second kappa shape index (κ2) is 12.4. The van der Waals surface area contributed by atoms with Gasteiger partial charge in [0.1, 0.15) is 77.0 Å². The summed E-state index contributed by atoms with van der Waals surface area (Å²) < 4.78 is 33.8. The lowest BCUT2D eigenvalue weighted by molar-refractivity contribution is -0.354. The number of Topliss-reactive ketones (excluding diaryl/α,β-unsaturated/α-hetero) is 1. The Hall–Kier alpha value is -3.25. The number of hydrogen-bond donors (Lipinski definition) is 8. The number of phenolic OH excluding ortho intramolecular Hbond substituents is 2. The van der Waals surface area contributed by atoms with Crippen molar-refractivity contribution in [2.45, 2.75) is 80.9 Å². The first-order valence-corrected chi connectivity index (χ1v) is 13.5. The molecule has 236 valence electrons. The molecule has 0 unspecified atom stereocenters. The molecule has 2 aromatic rings. The minimum Gasteiger partial charge on any atom is -0.508 e. The van der Waals surface area contributed by atoms with Crippen molar-refractivity contribution in [3.63, 3.8) is 0 Å². The fourth-order valence-electron chi connectivity index (χ4n) is 5.29. The highest BCUT2D eigenvalue weighted by molar-refractivity contribution is 6.02. The molecular weight excluding hydrogens is 576 g/mol. The average molecular weight is 611 g/mol. The lowest BCUT2D eigenvalue weighted by Gasteiger charge is -2.45. The van der Waals surface area contributed by atoms with Crippen LogP contribution in [-0.4, -0.2) is 122 Å².